The SMILES string of the molecule is CC1C[C@@H](I)N(C(=O)C(I)C2CCCOC2)C1. The van der Waals surface area contributed by atoms with Gasteiger partial charge in [0.25, 0.3) is 0 Å². The molecule has 0 bridgehead atoms. The monoisotopic (exact) mass is 463 g/mol. The topological polar surface area (TPSA) is 29.5 Å². The van der Waals surface area contributed by atoms with Crippen molar-refractivity contribution in [2.75, 3.05) is 19.8 Å². The summed E-state index contributed by atoms with van der Waals surface area (Å²) in [4.78, 5) is 14.5. The number of nitrogens with zero attached hydrogens (tertiary/aromatic N) is 1. The molecular weight excluding hydrogens is 444 g/mol. The highest BCUT2D eigenvalue weighted by molar-refractivity contribution is 14.1. The lowest BCUT2D eigenvalue weighted by atomic mass is 9.98. The molecule has 0 aromatic carbocycles. The number of halogens is 2. The Morgan fingerprint density at radius 2 is 2.29 bits per heavy atom. The van der Waals surface area contributed by atoms with E-state index >= 15 is 0 Å². The first-order valence-corrected chi connectivity index (χ1v) is 8.75. The van der Waals surface area contributed by atoms with Crippen molar-refractivity contribution in [2.24, 2.45) is 11.8 Å². The molecule has 17 heavy (non-hydrogen) atoms. The second-order valence-electron chi connectivity index (χ2n) is 5.14. The average Bonchev–Trinajstić information content (AvgIpc) is 2.68. The number of likely N-dealkylation sites (tertiary alicyclic amines) is 1. The fourth-order valence-electron chi connectivity index (χ4n) is 2.57. The number of ether oxygens (including phenoxy) is 1. The van der Waals surface area contributed by atoms with E-state index in [0.29, 0.717) is 21.8 Å². The van der Waals surface area contributed by atoms with Gasteiger partial charge in [0.15, 0.2) is 0 Å². The highest BCUT2D eigenvalue weighted by atomic mass is 127. The van der Waals surface area contributed by atoms with Gasteiger partial charge in [-0.2, -0.15) is 0 Å². The van der Waals surface area contributed by atoms with Crippen molar-refractivity contribution in [1.29, 1.82) is 0 Å². The van der Waals surface area contributed by atoms with E-state index < -0.39 is 0 Å². The molecule has 5 heteroatoms. The maximum absolute atomic E-state index is 12.5. The first-order valence-electron chi connectivity index (χ1n) is 6.26. The zero-order valence-electron chi connectivity index (χ0n) is 10.1. The average molecular weight is 463 g/mol. The number of carbonyl (C=O) groups is 1. The van der Waals surface area contributed by atoms with E-state index in [2.05, 4.69) is 57.0 Å². The first kappa shape index (κ1) is 14.3. The fourth-order valence-corrected chi connectivity index (χ4v) is 4.86. The van der Waals surface area contributed by atoms with Crippen molar-refractivity contribution in [2.45, 2.75) is 34.2 Å². The second-order valence-corrected chi connectivity index (χ2v) is 7.92. The molecule has 0 N–H and O–H groups in total. The van der Waals surface area contributed by atoms with Crippen LogP contribution in [0.4, 0.5) is 0 Å². The molecule has 3 unspecified atom stereocenters. The van der Waals surface area contributed by atoms with Crippen LogP contribution in [0.5, 0.6) is 0 Å². The van der Waals surface area contributed by atoms with Gasteiger partial charge in [-0.15, -0.1) is 0 Å². The van der Waals surface area contributed by atoms with Crippen LogP contribution in [0.25, 0.3) is 0 Å². The normalized spacial score (nSPS) is 35.9. The number of alkyl halides is 2. The molecule has 0 spiro atoms. The molecule has 2 aliphatic rings. The van der Waals surface area contributed by atoms with E-state index in [4.69, 9.17) is 4.74 Å². The Bertz CT molecular complexity index is 282. The quantitative estimate of drug-likeness (QED) is 0.359. The van der Waals surface area contributed by atoms with Crippen LogP contribution in [0.3, 0.4) is 0 Å². The van der Waals surface area contributed by atoms with Gasteiger partial charge in [-0.25, -0.2) is 0 Å². The van der Waals surface area contributed by atoms with E-state index in [0.717, 1.165) is 39.0 Å². The summed E-state index contributed by atoms with van der Waals surface area (Å²) < 4.78 is 5.97. The van der Waals surface area contributed by atoms with Gasteiger partial charge in [-0.1, -0.05) is 52.1 Å². The fraction of sp³-hybridized carbons (Fsp3) is 0.917. The summed E-state index contributed by atoms with van der Waals surface area (Å²) in [6.07, 6.45) is 3.37. The summed E-state index contributed by atoms with van der Waals surface area (Å²) in [6.45, 7) is 4.78. The van der Waals surface area contributed by atoms with Crippen molar-refractivity contribution in [3.8, 4) is 0 Å². The third kappa shape index (κ3) is 3.46. The third-order valence-corrected chi connectivity index (χ3v) is 6.30. The highest BCUT2D eigenvalue weighted by Crippen LogP contribution is 2.32. The van der Waals surface area contributed by atoms with Crippen molar-refractivity contribution >= 4 is 51.1 Å². The smallest absolute Gasteiger partial charge is 0.236 e. The van der Waals surface area contributed by atoms with Crippen LogP contribution in [0.1, 0.15) is 26.2 Å². The minimum absolute atomic E-state index is 0.0930. The molecule has 0 aromatic rings. The van der Waals surface area contributed by atoms with Crippen LogP contribution >= 0.6 is 45.2 Å². The van der Waals surface area contributed by atoms with Crippen molar-refractivity contribution < 1.29 is 9.53 Å². The number of carbonyl (C=O) groups excluding carboxylic acids is 1. The Labute approximate surface area is 130 Å². The third-order valence-electron chi connectivity index (χ3n) is 3.57. The molecular formula is C12H19I2NO2. The van der Waals surface area contributed by atoms with Crippen molar-refractivity contribution in [1.82, 2.24) is 4.90 Å². The lowest BCUT2D eigenvalue weighted by molar-refractivity contribution is -0.131. The first-order chi connectivity index (χ1) is 8.09. The van der Waals surface area contributed by atoms with Gasteiger partial charge < -0.3 is 9.64 Å². The van der Waals surface area contributed by atoms with Crippen molar-refractivity contribution in [3.05, 3.63) is 0 Å². The van der Waals surface area contributed by atoms with E-state index in [9.17, 15) is 4.79 Å². The minimum atomic E-state index is 0.0930. The Morgan fingerprint density at radius 1 is 1.53 bits per heavy atom. The maximum Gasteiger partial charge on any atom is 0.236 e. The van der Waals surface area contributed by atoms with Crippen LogP contribution in [0.15, 0.2) is 0 Å². The summed E-state index contributed by atoms with van der Waals surface area (Å²) >= 11 is 4.72. The summed E-state index contributed by atoms with van der Waals surface area (Å²) in [5.74, 6) is 1.38. The van der Waals surface area contributed by atoms with E-state index in [1.165, 1.54) is 0 Å². The minimum Gasteiger partial charge on any atom is -0.381 e. The molecule has 3 nitrogen and oxygen atoms in total. The molecule has 2 heterocycles. The highest BCUT2D eigenvalue weighted by Gasteiger charge is 2.37. The van der Waals surface area contributed by atoms with Gasteiger partial charge in [0.1, 0.15) is 0 Å². The van der Waals surface area contributed by atoms with Gasteiger partial charge in [0.05, 0.1) is 14.6 Å². The van der Waals surface area contributed by atoms with Crippen molar-refractivity contribution in [3.63, 3.8) is 0 Å². The summed E-state index contributed by atoms with van der Waals surface area (Å²) in [6, 6.07) is 0. The summed E-state index contributed by atoms with van der Waals surface area (Å²) in [5.41, 5.74) is 0. The van der Waals surface area contributed by atoms with Crippen LogP contribution in [-0.4, -0.2) is 38.5 Å². The summed E-state index contributed by atoms with van der Waals surface area (Å²) in [7, 11) is 0. The molecule has 0 aromatic heterocycles. The van der Waals surface area contributed by atoms with E-state index in [1.54, 1.807) is 0 Å². The van der Waals surface area contributed by atoms with Gasteiger partial charge >= 0.3 is 0 Å². The second kappa shape index (κ2) is 6.36. The largest absolute Gasteiger partial charge is 0.381 e. The molecule has 2 aliphatic heterocycles. The predicted octanol–water partition coefficient (Wildman–Crippen LogP) is 2.85. The number of amides is 1. The Kier molecular flexibility index (Phi) is 5.35. The van der Waals surface area contributed by atoms with E-state index in [1.807, 2.05) is 0 Å². The lowest BCUT2D eigenvalue weighted by Crippen LogP contribution is -2.42. The van der Waals surface area contributed by atoms with Gasteiger partial charge in [0.2, 0.25) is 5.91 Å². The number of hydrogen-bond acceptors (Lipinski definition) is 2. The number of rotatable bonds is 2. The van der Waals surface area contributed by atoms with Crippen LogP contribution < -0.4 is 0 Å². The molecule has 0 saturated carbocycles. The molecule has 0 aliphatic carbocycles. The molecule has 2 saturated heterocycles. The molecule has 4 atom stereocenters. The Morgan fingerprint density at radius 3 is 2.82 bits per heavy atom. The van der Waals surface area contributed by atoms with Crippen LogP contribution in [0, 0.1) is 11.8 Å². The van der Waals surface area contributed by atoms with Crippen LogP contribution in [-0.2, 0) is 9.53 Å². The van der Waals surface area contributed by atoms with E-state index in [-0.39, 0.29) is 3.92 Å². The molecule has 2 rings (SSSR count). The zero-order valence-corrected chi connectivity index (χ0v) is 14.4. The molecule has 98 valence electrons. The van der Waals surface area contributed by atoms with Gasteiger partial charge in [0, 0.05) is 19.1 Å². The van der Waals surface area contributed by atoms with Gasteiger partial charge in [-0.05, 0) is 25.2 Å². The zero-order chi connectivity index (χ0) is 12.4. The maximum atomic E-state index is 12.5. The summed E-state index contributed by atoms with van der Waals surface area (Å²) in [5, 5.41) is 0. The number of hydrogen-bond donors (Lipinski definition) is 0. The molecule has 1 amide bonds. The Hall–Kier alpha value is 0.890. The Balaban J connectivity index is 1.94. The van der Waals surface area contributed by atoms with Gasteiger partial charge in [-0.3, -0.25) is 4.79 Å². The molecule has 2 fully saturated rings. The standard InChI is InChI=1S/C12H19I2NO2/c1-8-5-10(13)15(6-8)12(16)11(14)9-3-2-4-17-7-9/h8-11H,2-7H2,1H3/t8?,9?,10-,11?/m0/s1. The molecule has 0 radical (unpaired) electrons. The van der Waals surface area contributed by atoms with Crippen LogP contribution in [0.2, 0.25) is 0 Å². The lowest BCUT2D eigenvalue weighted by Gasteiger charge is -2.30. The predicted molar refractivity (Wildman–Crippen MR) is 84.7 cm³/mol.